The number of carbonyl (C=O) groups excluding carboxylic acids is 1. The topological polar surface area (TPSA) is 77.2 Å². The third-order valence-electron chi connectivity index (χ3n) is 4.34. The second-order valence-corrected chi connectivity index (χ2v) is 7.01. The van der Waals surface area contributed by atoms with Crippen LogP contribution in [0.1, 0.15) is 11.1 Å². The lowest BCUT2D eigenvalue weighted by Crippen LogP contribution is -2.20. The highest BCUT2D eigenvalue weighted by Gasteiger charge is 2.11. The minimum Gasteiger partial charge on any atom is -0.484 e. The molecule has 0 aliphatic carbocycles. The Morgan fingerprint density at radius 3 is 2.69 bits per heavy atom. The average molecular weight is 408 g/mol. The summed E-state index contributed by atoms with van der Waals surface area (Å²) in [4.78, 5) is 20.8. The molecule has 0 unspecified atom stereocenters. The largest absolute Gasteiger partial charge is 0.484 e. The monoisotopic (exact) mass is 407 g/mol. The number of rotatable bonds is 5. The van der Waals surface area contributed by atoms with Crippen molar-refractivity contribution in [3.05, 3.63) is 70.9 Å². The number of nitrogens with one attached hydrogen (secondary N) is 1. The molecular formula is C22H18ClN3O3. The lowest BCUT2D eigenvalue weighted by atomic mass is 10.1. The Bertz CT molecular complexity index is 1150. The summed E-state index contributed by atoms with van der Waals surface area (Å²) in [6.45, 7) is 3.68. The van der Waals surface area contributed by atoms with Crippen molar-refractivity contribution in [1.82, 2.24) is 9.97 Å². The molecule has 4 rings (SSSR count). The molecule has 0 spiro atoms. The summed E-state index contributed by atoms with van der Waals surface area (Å²) < 4.78 is 11.3. The Morgan fingerprint density at radius 2 is 1.93 bits per heavy atom. The number of hydrogen-bond donors (Lipinski definition) is 1. The summed E-state index contributed by atoms with van der Waals surface area (Å²) in [6, 6.07) is 14.5. The number of ether oxygens (including phenoxy) is 1. The number of fused-ring (bicyclic) bond motifs is 1. The van der Waals surface area contributed by atoms with Gasteiger partial charge in [-0.1, -0.05) is 17.7 Å². The van der Waals surface area contributed by atoms with Gasteiger partial charge in [0.1, 0.15) is 5.75 Å². The predicted octanol–water partition coefficient (Wildman–Crippen LogP) is 5.18. The first kappa shape index (κ1) is 19.0. The summed E-state index contributed by atoms with van der Waals surface area (Å²) in [5, 5.41) is 3.52. The number of aryl methyl sites for hydroxylation is 2. The Morgan fingerprint density at radius 1 is 1.14 bits per heavy atom. The number of hydrogen-bond acceptors (Lipinski definition) is 5. The zero-order chi connectivity index (χ0) is 20.4. The molecule has 2 aromatic heterocycles. The third kappa shape index (κ3) is 4.22. The van der Waals surface area contributed by atoms with E-state index in [9.17, 15) is 4.79 Å². The van der Waals surface area contributed by atoms with Crippen LogP contribution in [-0.4, -0.2) is 22.5 Å². The standard InChI is InChI=1S/C22H18ClN3O3/c1-13-9-17(10-14(2)20(13)23)28-12-19(27)25-16-6-3-5-15(11-16)22-26-21-18(29-22)7-4-8-24-21/h3-11H,12H2,1-2H3,(H,25,27). The molecule has 7 heteroatoms. The predicted molar refractivity (Wildman–Crippen MR) is 112 cm³/mol. The van der Waals surface area contributed by atoms with E-state index in [1.54, 1.807) is 24.4 Å². The first-order chi connectivity index (χ1) is 14.0. The van der Waals surface area contributed by atoms with E-state index < -0.39 is 0 Å². The van der Waals surface area contributed by atoms with Crippen molar-refractivity contribution in [2.45, 2.75) is 13.8 Å². The van der Waals surface area contributed by atoms with Crippen LogP contribution in [0.15, 0.2) is 59.1 Å². The molecule has 29 heavy (non-hydrogen) atoms. The van der Waals surface area contributed by atoms with Crippen molar-refractivity contribution in [3.63, 3.8) is 0 Å². The first-order valence-electron chi connectivity index (χ1n) is 9.01. The van der Waals surface area contributed by atoms with Crippen LogP contribution in [-0.2, 0) is 4.79 Å². The van der Waals surface area contributed by atoms with Crippen LogP contribution >= 0.6 is 11.6 Å². The highest BCUT2D eigenvalue weighted by atomic mass is 35.5. The third-order valence-corrected chi connectivity index (χ3v) is 4.93. The zero-order valence-electron chi connectivity index (χ0n) is 15.9. The molecule has 0 bridgehead atoms. The van der Waals surface area contributed by atoms with Gasteiger partial charge in [-0.15, -0.1) is 0 Å². The lowest BCUT2D eigenvalue weighted by Gasteiger charge is -2.10. The Kier molecular flexibility index (Phi) is 5.18. The molecule has 0 fully saturated rings. The molecule has 0 radical (unpaired) electrons. The van der Waals surface area contributed by atoms with E-state index in [-0.39, 0.29) is 12.5 Å². The van der Waals surface area contributed by atoms with E-state index in [0.29, 0.717) is 33.6 Å². The van der Waals surface area contributed by atoms with Gasteiger partial charge in [-0.05, 0) is 67.4 Å². The number of halogens is 1. The van der Waals surface area contributed by atoms with Gasteiger partial charge in [-0.2, -0.15) is 4.98 Å². The van der Waals surface area contributed by atoms with Gasteiger partial charge < -0.3 is 14.5 Å². The van der Waals surface area contributed by atoms with E-state index in [1.807, 2.05) is 44.2 Å². The number of benzene rings is 2. The highest BCUT2D eigenvalue weighted by Crippen LogP contribution is 2.27. The average Bonchev–Trinajstić information content (AvgIpc) is 3.15. The lowest BCUT2D eigenvalue weighted by molar-refractivity contribution is -0.118. The summed E-state index contributed by atoms with van der Waals surface area (Å²) >= 11 is 6.16. The van der Waals surface area contributed by atoms with Crippen LogP contribution < -0.4 is 10.1 Å². The summed E-state index contributed by atoms with van der Waals surface area (Å²) in [6.07, 6.45) is 1.66. The maximum Gasteiger partial charge on any atom is 0.262 e. The number of oxazole rings is 1. The van der Waals surface area contributed by atoms with E-state index in [4.69, 9.17) is 20.8 Å². The molecule has 4 aromatic rings. The number of anilines is 1. The minimum absolute atomic E-state index is 0.114. The van der Waals surface area contributed by atoms with Gasteiger partial charge >= 0.3 is 0 Å². The van der Waals surface area contributed by atoms with Crippen molar-refractivity contribution < 1.29 is 13.9 Å². The van der Waals surface area contributed by atoms with Crippen LogP contribution in [0.5, 0.6) is 5.75 Å². The second kappa shape index (κ2) is 7.93. The fraction of sp³-hybridized carbons (Fsp3) is 0.136. The van der Waals surface area contributed by atoms with Gasteiger partial charge in [0.2, 0.25) is 5.89 Å². The fourth-order valence-corrected chi connectivity index (χ4v) is 3.07. The maximum atomic E-state index is 12.3. The van der Waals surface area contributed by atoms with Crippen molar-refractivity contribution in [1.29, 1.82) is 0 Å². The van der Waals surface area contributed by atoms with E-state index in [2.05, 4.69) is 15.3 Å². The Hall–Kier alpha value is -3.38. The number of carbonyl (C=O) groups is 1. The molecule has 0 saturated heterocycles. The Labute approximate surface area is 172 Å². The molecule has 0 saturated carbocycles. The SMILES string of the molecule is Cc1cc(OCC(=O)Nc2cccc(-c3nc4ncccc4o3)c2)cc(C)c1Cl. The molecule has 2 heterocycles. The quantitative estimate of drug-likeness (QED) is 0.493. The van der Waals surface area contributed by atoms with Gasteiger partial charge in [-0.3, -0.25) is 4.79 Å². The molecule has 0 aliphatic rings. The highest BCUT2D eigenvalue weighted by molar-refractivity contribution is 6.32. The smallest absolute Gasteiger partial charge is 0.262 e. The van der Waals surface area contributed by atoms with Crippen molar-refractivity contribution in [3.8, 4) is 17.2 Å². The van der Waals surface area contributed by atoms with Crippen molar-refractivity contribution >= 4 is 34.4 Å². The molecule has 146 valence electrons. The number of pyridine rings is 1. The van der Waals surface area contributed by atoms with Gasteiger partial charge in [0, 0.05) is 22.5 Å². The molecule has 0 atom stereocenters. The van der Waals surface area contributed by atoms with E-state index in [1.165, 1.54) is 0 Å². The minimum atomic E-state index is -0.272. The van der Waals surface area contributed by atoms with Crippen LogP contribution in [0, 0.1) is 13.8 Å². The molecule has 1 amide bonds. The van der Waals surface area contributed by atoms with Gasteiger partial charge in [0.25, 0.3) is 5.91 Å². The summed E-state index contributed by atoms with van der Waals surface area (Å²) in [7, 11) is 0. The van der Waals surface area contributed by atoms with Crippen LogP contribution in [0.25, 0.3) is 22.7 Å². The number of amides is 1. The maximum absolute atomic E-state index is 12.3. The normalized spacial score (nSPS) is 10.9. The molecule has 1 N–H and O–H groups in total. The van der Waals surface area contributed by atoms with Crippen molar-refractivity contribution in [2.75, 3.05) is 11.9 Å². The van der Waals surface area contributed by atoms with E-state index in [0.717, 1.165) is 16.7 Å². The zero-order valence-corrected chi connectivity index (χ0v) is 16.7. The first-order valence-corrected chi connectivity index (χ1v) is 9.39. The second-order valence-electron chi connectivity index (χ2n) is 6.63. The molecule has 0 aliphatic heterocycles. The molecular weight excluding hydrogens is 390 g/mol. The van der Waals surface area contributed by atoms with Gasteiger partial charge in [-0.25, -0.2) is 4.98 Å². The van der Waals surface area contributed by atoms with Crippen LogP contribution in [0.3, 0.4) is 0 Å². The van der Waals surface area contributed by atoms with Gasteiger partial charge in [0.15, 0.2) is 17.8 Å². The summed E-state index contributed by atoms with van der Waals surface area (Å²) in [5.41, 5.74) is 4.32. The number of aromatic nitrogens is 2. The van der Waals surface area contributed by atoms with E-state index >= 15 is 0 Å². The van der Waals surface area contributed by atoms with Crippen LogP contribution in [0.2, 0.25) is 5.02 Å². The van der Waals surface area contributed by atoms with Crippen LogP contribution in [0.4, 0.5) is 5.69 Å². The molecule has 2 aromatic carbocycles. The fourth-order valence-electron chi connectivity index (χ4n) is 2.96. The van der Waals surface area contributed by atoms with Gasteiger partial charge in [0.05, 0.1) is 0 Å². The number of nitrogens with zero attached hydrogens (tertiary/aromatic N) is 2. The molecule has 6 nitrogen and oxygen atoms in total. The Balaban J connectivity index is 1.44. The van der Waals surface area contributed by atoms with Crippen molar-refractivity contribution in [2.24, 2.45) is 0 Å². The summed E-state index contributed by atoms with van der Waals surface area (Å²) in [5.74, 6) is 0.775.